The van der Waals surface area contributed by atoms with Gasteiger partial charge < -0.3 is 16.0 Å². The van der Waals surface area contributed by atoms with Crippen molar-refractivity contribution in [3.63, 3.8) is 0 Å². The van der Waals surface area contributed by atoms with E-state index < -0.39 is 0 Å². The Hall–Kier alpha value is -2.53. The van der Waals surface area contributed by atoms with Crippen molar-refractivity contribution in [3.05, 3.63) is 64.7 Å². The van der Waals surface area contributed by atoms with Crippen molar-refractivity contribution in [2.24, 2.45) is 0 Å². The maximum Gasteiger partial charge on any atom is 0.315 e. The van der Waals surface area contributed by atoms with Crippen LogP contribution in [0.3, 0.4) is 0 Å². The van der Waals surface area contributed by atoms with E-state index in [2.05, 4.69) is 22.0 Å². The van der Waals surface area contributed by atoms with Crippen LogP contribution in [0.4, 0.5) is 10.5 Å². The van der Waals surface area contributed by atoms with Gasteiger partial charge in [-0.05, 0) is 43.2 Å². The zero-order valence-corrected chi connectivity index (χ0v) is 14.2. The fraction of sp³-hybridized carbons (Fsp3) is 0.222. The number of halogens is 1. The van der Waals surface area contributed by atoms with Gasteiger partial charge in [0.15, 0.2) is 0 Å². The SMILES string of the molecule is Cc1cccc(CCNC(=O)NCC(=O)Nc2ccc(Cl)cc2)c1. The van der Waals surface area contributed by atoms with Crippen molar-refractivity contribution in [3.8, 4) is 0 Å². The van der Waals surface area contributed by atoms with Gasteiger partial charge in [0.2, 0.25) is 5.91 Å². The first-order valence-corrected chi connectivity index (χ1v) is 8.03. The highest BCUT2D eigenvalue weighted by Gasteiger charge is 2.05. The third-order valence-corrected chi connectivity index (χ3v) is 3.57. The number of amides is 3. The zero-order chi connectivity index (χ0) is 17.4. The van der Waals surface area contributed by atoms with Gasteiger partial charge in [0.25, 0.3) is 0 Å². The fourth-order valence-corrected chi connectivity index (χ4v) is 2.28. The van der Waals surface area contributed by atoms with Gasteiger partial charge in [0.1, 0.15) is 0 Å². The molecule has 0 aromatic heterocycles. The van der Waals surface area contributed by atoms with E-state index in [-0.39, 0.29) is 18.5 Å². The minimum atomic E-state index is -0.367. The number of hydrogen-bond acceptors (Lipinski definition) is 2. The van der Waals surface area contributed by atoms with Gasteiger partial charge in [0, 0.05) is 17.3 Å². The average Bonchev–Trinajstić information content (AvgIpc) is 2.55. The number of nitrogens with one attached hydrogen (secondary N) is 3. The maximum atomic E-state index is 11.7. The van der Waals surface area contributed by atoms with Crippen LogP contribution in [-0.2, 0) is 11.2 Å². The third kappa shape index (κ3) is 6.30. The molecule has 0 spiro atoms. The van der Waals surface area contributed by atoms with E-state index in [0.717, 1.165) is 12.0 Å². The van der Waals surface area contributed by atoms with Crippen molar-refractivity contribution in [1.82, 2.24) is 10.6 Å². The molecule has 0 heterocycles. The zero-order valence-electron chi connectivity index (χ0n) is 13.4. The molecule has 0 unspecified atom stereocenters. The average molecular weight is 346 g/mol. The van der Waals surface area contributed by atoms with Crippen LogP contribution in [0.5, 0.6) is 0 Å². The molecule has 0 aliphatic rings. The summed E-state index contributed by atoms with van der Waals surface area (Å²) in [6.07, 6.45) is 0.742. The van der Waals surface area contributed by atoms with Crippen molar-refractivity contribution >= 4 is 29.2 Å². The Morgan fingerprint density at radius 2 is 1.79 bits per heavy atom. The molecule has 0 aliphatic carbocycles. The molecule has 0 fully saturated rings. The maximum absolute atomic E-state index is 11.7. The van der Waals surface area contributed by atoms with Crippen LogP contribution in [0.15, 0.2) is 48.5 Å². The predicted molar refractivity (Wildman–Crippen MR) is 96.4 cm³/mol. The Kier molecular flexibility index (Phi) is 6.63. The molecule has 0 saturated heterocycles. The van der Waals surface area contributed by atoms with E-state index in [1.807, 2.05) is 25.1 Å². The number of benzene rings is 2. The van der Waals surface area contributed by atoms with E-state index in [1.54, 1.807) is 24.3 Å². The summed E-state index contributed by atoms with van der Waals surface area (Å²) in [7, 11) is 0. The molecule has 2 aromatic rings. The van der Waals surface area contributed by atoms with E-state index >= 15 is 0 Å². The van der Waals surface area contributed by atoms with Crippen LogP contribution in [0, 0.1) is 6.92 Å². The summed E-state index contributed by atoms with van der Waals surface area (Å²) in [5.41, 5.74) is 2.98. The Labute approximate surface area is 146 Å². The molecule has 5 nitrogen and oxygen atoms in total. The molecule has 0 saturated carbocycles. The van der Waals surface area contributed by atoms with E-state index in [4.69, 9.17) is 11.6 Å². The van der Waals surface area contributed by atoms with Crippen molar-refractivity contribution in [1.29, 1.82) is 0 Å². The van der Waals surface area contributed by atoms with Gasteiger partial charge in [-0.15, -0.1) is 0 Å². The fourth-order valence-electron chi connectivity index (χ4n) is 2.15. The second-order valence-corrected chi connectivity index (χ2v) is 5.84. The van der Waals surface area contributed by atoms with E-state index in [9.17, 15) is 9.59 Å². The normalized spacial score (nSPS) is 10.1. The van der Waals surface area contributed by atoms with Crippen LogP contribution in [0.1, 0.15) is 11.1 Å². The highest BCUT2D eigenvalue weighted by molar-refractivity contribution is 6.30. The molecule has 6 heteroatoms. The number of rotatable bonds is 6. The van der Waals surface area contributed by atoms with Gasteiger partial charge >= 0.3 is 6.03 Å². The van der Waals surface area contributed by atoms with Crippen LogP contribution in [0.2, 0.25) is 5.02 Å². The van der Waals surface area contributed by atoms with Gasteiger partial charge in [-0.2, -0.15) is 0 Å². The molecule has 2 aromatic carbocycles. The Balaban J connectivity index is 1.65. The lowest BCUT2D eigenvalue weighted by atomic mass is 10.1. The Morgan fingerprint density at radius 1 is 1.04 bits per heavy atom. The molecule has 3 N–H and O–H groups in total. The third-order valence-electron chi connectivity index (χ3n) is 3.32. The lowest BCUT2D eigenvalue weighted by Gasteiger charge is -2.09. The molecular formula is C18H20ClN3O2. The second kappa shape index (κ2) is 8.93. The Morgan fingerprint density at radius 3 is 2.50 bits per heavy atom. The summed E-state index contributed by atoms with van der Waals surface area (Å²) in [5.74, 6) is -0.300. The summed E-state index contributed by atoms with van der Waals surface area (Å²) in [4.78, 5) is 23.4. The number of carbonyl (C=O) groups excluding carboxylic acids is 2. The molecule has 0 aliphatic heterocycles. The van der Waals surface area contributed by atoms with Gasteiger partial charge in [-0.25, -0.2) is 4.79 Å². The highest BCUT2D eigenvalue weighted by atomic mass is 35.5. The number of carbonyl (C=O) groups is 2. The van der Waals surface area contributed by atoms with Gasteiger partial charge in [-0.1, -0.05) is 41.4 Å². The minimum Gasteiger partial charge on any atom is -0.338 e. The van der Waals surface area contributed by atoms with Crippen molar-refractivity contribution in [2.45, 2.75) is 13.3 Å². The highest BCUT2D eigenvalue weighted by Crippen LogP contribution is 2.12. The van der Waals surface area contributed by atoms with E-state index in [1.165, 1.54) is 5.56 Å². The largest absolute Gasteiger partial charge is 0.338 e. The van der Waals surface area contributed by atoms with E-state index in [0.29, 0.717) is 17.3 Å². The first-order valence-electron chi connectivity index (χ1n) is 7.65. The monoisotopic (exact) mass is 345 g/mol. The molecule has 24 heavy (non-hydrogen) atoms. The van der Waals surface area contributed by atoms with Gasteiger partial charge in [-0.3, -0.25) is 4.79 Å². The van der Waals surface area contributed by atoms with Crippen LogP contribution in [0.25, 0.3) is 0 Å². The smallest absolute Gasteiger partial charge is 0.315 e. The molecule has 126 valence electrons. The summed E-state index contributed by atoms with van der Waals surface area (Å²) >= 11 is 5.77. The number of hydrogen-bond donors (Lipinski definition) is 3. The molecular weight excluding hydrogens is 326 g/mol. The van der Waals surface area contributed by atoms with Crippen molar-refractivity contribution < 1.29 is 9.59 Å². The van der Waals surface area contributed by atoms with Crippen LogP contribution >= 0.6 is 11.6 Å². The molecule has 2 rings (SSSR count). The first kappa shape index (κ1) is 17.8. The molecule has 3 amide bonds. The number of urea groups is 1. The summed E-state index contributed by atoms with van der Waals surface area (Å²) in [6.45, 7) is 2.44. The molecule has 0 bridgehead atoms. The predicted octanol–water partition coefficient (Wildman–Crippen LogP) is 3.13. The Bertz CT molecular complexity index is 702. The van der Waals surface area contributed by atoms with Crippen LogP contribution in [-0.4, -0.2) is 25.0 Å². The van der Waals surface area contributed by atoms with Crippen LogP contribution < -0.4 is 16.0 Å². The lowest BCUT2D eigenvalue weighted by Crippen LogP contribution is -2.40. The standard InChI is InChI=1S/C18H20ClN3O2/c1-13-3-2-4-14(11-13)9-10-20-18(24)21-12-17(23)22-16-7-5-15(19)6-8-16/h2-8,11H,9-10,12H2,1H3,(H,22,23)(H2,20,21,24). The van der Waals surface area contributed by atoms with Crippen molar-refractivity contribution in [2.75, 3.05) is 18.4 Å². The summed E-state index contributed by atoms with van der Waals surface area (Å²) in [6, 6.07) is 14.5. The molecule has 0 atom stereocenters. The topological polar surface area (TPSA) is 70.2 Å². The quantitative estimate of drug-likeness (QED) is 0.752. The molecule has 0 radical (unpaired) electrons. The second-order valence-electron chi connectivity index (χ2n) is 5.40. The first-order chi connectivity index (χ1) is 11.5. The van der Waals surface area contributed by atoms with Gasteiger partial charge in [0.05, 0.1) is 6.54 Å². The number of anilines is 1. The lowest BCUT2D eigenvalue weighted by molar-refractivity contribution is -0.115. The number of aryl methyl sites for hydroxylation is 1. The minimum absolute atomic E-state index is 0.0983. The summed E-state index contributed by atoms with van der Waals surface area (Å²) in [5, 5.41) is 8.52. The summed E-state index contributed by atoms with van der Waals surface area (Å²) < 4.78 is 0.